The van der Waals surface area contributed by atoms with Crippen molar-refractivity contribution in [3.63, 3.8) is 0 Å². The van der Waals surface area contributed by atoms with E-state index in [4.69, 9.17) is 0 Å². The van der Waals surface area contributed by atoms with E-state index in [9.17, 15) is 19.5 Å². The molecule has 0 heterocycles. The molecule has 0 radical (unpaired) electrons. The Labute approximate surface area is 199 Å². The summed E-state index contributed by atoms with van der Waals surface area (Å²) in [4.78, 5) is 36.8. The second-order valence-electron chi connectivity index (χ2n) is 8.98. The van der Waals surface area contributed by atoms with Gasteiger partial charge in [0.25, 0.3) is 0 Å². The number of hydrogen-bond donors (Lipinski definition) is 2. The minimum Gasteiger partial charge on any atom is -0.481 e. The van der Waals surface area contributed by atoms with Gasteiger partial charge in [-0.15, -0.1) is 0 Å². The van der Waals surface area contributed by atoms with Crippen LogP contribution in [0.15, 0.2) is 78.9 Å². The molecule has 2 N–H and O–H groups in total. The molecule has 1 aliphatic carbocycles. The molecule has 1 atom stereocenters. The quantitative estimate of drug-likeness (QED) is 0.388. The van der Waals surface area contributed by atoms with Gasteiger partial charge in [0.15, 0.2) is 5.78 Å². The molecule has 5 nitrogen and oxygen atoms in total. The van der Waals surface area contributed by atoms with Gasteiger partial charge in [-0.1, -0.05) is 79.6 Å². The van der Waals surface area contributed by atoms with Crippen molar-refractivity contribution >= 4 is 23.3 Å². The fraction of sp³-hybridized carbons (Fsp3) is 0.276. The van der Waals surface area contributed by atoms with Crippen LogP contribution in [0.25, 0.3) is 11.1 Å². The van der Waals surface area contributed by atoms with Gasteiger partial charge in [-0.2, -0.15) is 0 Å². The first-order valence-electron chi connectivity index (χ1n) is 11.8. The number of benzene rings is 3. The molecule has 5 heteroatoms. The largest absolute Gasteiger partial charge is 0.481 e. The van der Waals surface area contributed by atoms with Gasteiger partial charge >= 0.3 is 5.97 Å². The van der Waals surface area contributed by atoms with Gasteiger partial charge < -0.3 is 10.4 Å². The first-order valence-corrected chi connectivity index (χ1v) is 11.8. The SMILES string of the molecule is O=C(CC(Cc1ccccc1)C(=O)O)c1ccc(-c2ccc(NC(=O)C3CCCC3)cc2)cc1. The molecule has 0 saturated heterocycles. The second kappa shape index (κ2) is 10.9. The molecule has 1 amide bonds. The lowest BCUT2D eigenvalue weighted by Crippen LogP contribution is -2.20. The number of amides is 1. The number of carbonyl (C=O) groups excluding carboxylic acids is 2. The Morgan fingerprint density at radius 3 is 2.00 bits per heavy atom. The van der Waals surface area contributed by atoms with Gasteiger partial charge in [0.05, 0.1) is 5.92 Å². The third-order valence-electron chi connectivity index (χ3n) is 6.52. The molecule has 174 valence electrons. The van der Waals surface area contributed by atoms with Gasteiger partial charge in [0.1, 0.15) is 0 Å². The highest BCUT2D eigenvalue weighted by atomic mass is 16.4. The predicted octanol–water partition coefficient (Wildman–Crippen LogP) is 6.00. The lowest BCUT2D eigenvalue weighted by atomic mass is 9.91. The molecule has 4 rings (SSSR count). The van der Waals surface area contributed by atoms with Crippen LogP contribution in [-0.2, 0) is 16.0 Å². The van der Waals surface area contributed by atoms with Crippen LogP contribution in [0, 0.1) is 11.8 Å². The van der Waals surface area contributed by atoms with E-state index in [1.54, 1.807) is 12.1 Å². The Hall–Kier alpha value is -3.73. The number of carboxylic acid groups (broad SMARTS) is 1. The Morgan fingerprint density at radius 1 is 0.824 bits per heavy atom. The molecule has 34 heavy (non-hydrogen) atoms. The summed E-state index contributed by atoms with van der Waals surface area (Å²) in [6.07, 6.45) is 4.46. The van der Waals surface area contributed by atoms with E-state index in [-0.39, 0.29) is 24.0 Å². The molecular formula is C29H29NO4. The number of Topliss-reactive ketones (excluding diaryl/α,β-unsaturated/α-hetero) is 1. The average Bonchev–Trinajstić information content (AvgIpc) is 3.40. The molecule has 0 spiro atoms. The van der Waals surface area contributed by atoms with E-state index in [1.807, 2.05) is 66.7 Å². The summed E-state index contributed by atoms with van der Waals surface area (Å²) >= 11 is 0. The minimum atomic E-state index is -0.964. The molecule has 0 aliphatic heterocycles. The van der Waals surface area contributed by atoms with E-state index in [1.165, 1.54) is 0 Å². The van der Waals surface area contributed by atoms with Gasteiger partial charge in [0.2, 0.25) is 5.91 Å². The number of carboxylic acids is 1. The number of hydrogen-bond acceptors (Lipinski definition) is 3. The van der Waals surface area contributed by atoms with Crippen molar-refractivity contribution in [2.75, 3.05) is 5.32 Å². The molecule has 1 fully saturated rings. The van der Waals surface area contributed by atoms with Crippen LogP contribution in [0.2, 0.25) is 0 Å². The highest BCUT2D eigenvalue weighted by Crippen LogP contribution is 2.27. The molecule has 3 aromatic carbocycles. The summed E-state index contributed by atoms with van der Waals surface area (Å²) in [5.41, 5.74) is 4.12. The summed E-state index contributed by atoms with van der Waals surface area (Å²) in [5.74, 6) is -1.69. The van der Waals surface area contributed by atoms with E-state index >= 15 is 0 Å². The fourth-order valence-electron chi connectivity index (χ4n) is 4.51. The summed E-state index contributed by atoms with van der Waals surface area (Å²) in [6.45, 7) is 0. The number of rotatable bonds is 9. The first-order chi connectivity index (χ1) is 16.5. The van der Waals surface area contributed by atoms with Crippen LogP contribution < -0.4 is 5.32 Å². The van der Waals surface area contributed by atoms with Crippen molar-refractivity contribution in [1.29, 1.82) is 0 Å². The number of nitrogens with one attached hydrogen (secondary N) is 1. The van der Waals surface area contributed by atoms with Crippen molar-refractivity contribution in [2.45, 2.75) is 38.5 Å². The molecule has 1 aliphatic rings. The zero-order chi connectivity index (χ0) is 23.9. The van der Waals surface area contributed by atoms with E-state index in [0.29, 0.717) is 12.0 Å². The Balaban J connectivity index is 1.37. The molecular weight excluding hydrogens is 426 g/mol. The standard InChI is InChI=1S/C29H29NO4/c31-27(19-25(29(33)34)18-20-6-2-1-3-7-20)23-12-10-21(11-13-23)22-14-16-26(17-15-22)30-28(32)24-8-4-5-9-24/h1-3,6-7,10-17,24-25H,4-5,8-9,18-19H2,(H,30,32)(H,33,34). The molecule has 0 aromatic heterocycles. The van der Waals surface area contributed by atoms with Crippen LogP contribution in [0.5, 0.6) is 0 Å². The van der Waals surface area contributed by atoms with Crippen LogP contribution in [0.4, 0.5) is 5.69 Å². The summed E-state index contributed by atoms with van der Waals surface area (Å²) in [6, 6.07) is 24.3. The summed E-state index contributed by atoms with van der Waals surface area (Å²) in [5, 5.41) is 12.6. The van der Waals surface area contributed by atoms with Gasteiger partial charge in [-0.05, 0) is 48.1 Å². The molecule has 1 saturated carbocycles. The monoisotopic (exact) mass is 455 g/mol. The van der Waals surface area contributed by atoms with Gasteiger partial charge in [-0.3, -0.25) is 14.4 Å². The van der Waals surface area contributed by atoms with Crippen LogP contribution >= 0.6 is 0 Å². The third kappa shape index (κ3) is 5.98. The Morgan fingerprint density at radius 2 is 1.41 bits per heavy atom. The molecule has 3 aromatic rings. The lowest BCUT2D eigenvalue weighted by molar-refractivity contribution is -0.141. The molecule has 1 unspecified atom stereocenters. The second-order valence-corrected chi connectivity index (χ2v) is 8.98. The summed E-state index contributed by atoms with van der Waals surface area (Å²) in [7, 11) is 0. The maximum absolute atomic E-state index is 12.8. The number of aliphatic carboxylic acids is 1. The zero-order valence-electron chi connectivity index (χ0n) is 19.1. The number of anilines is 1. The zero-order valence-corrected chi connectivity index (χ0v) is 19.1. The highest BCUT2D eigenvalue weighted by Gasteiger charge is 2.23. The summed E-state index contributed by atoms with van der Waals surface area (Å²) < 4.78 is 0. The van der Waals surface area contributed by atoms with Crippen molar-refractivity contribution in [2.24, 2.45) is 11.8 Å². The van der Waals surface area contributed by atoms with E-state index in [2.05, 4.69) is 5.32 Å². The lowest BCUT2D eigenvalue weighted by Gasteiger charge is -2.12. The Bertz CT molecular complexity index is 1130. The van der Waals surface area contributed by atoms with Crippen molar-refractivity contribution in [1.82, 2.24) is 0 Å². The average molecular weight is 456 g/mol. The fourth-order valence-corrected chi connectivity index (χ4v) is 4.51. The van der Waals surface area contributed by atoms with Crippen LogP contribution in [0.1, 0.15) is 48.0 Å². The predicted molar refractivity (Wildman–Crippen MR) is 133 cm³/mol. The van der Waals surface area contributed by atoms with Crippen molar-refractivity contribution in [3.05, 3.63) is 90.0 Å². The van der Waals surface area contributed by atoms with Crippen LogP contribution in [0.3, 0.4) is 0 Å². The van der Waals surface area contributed by atoms with E-state index in [0.717, 1.165) is 48.1 Å². The van der Waals surface area contributed by atoms with Crippen molar-refractivity contribution in [3.8, 4) is 11.1 Å². The van der Waals surface area contributed by atoms with Crippen molar-refractivity contribution < 1.29 is 19.5 Å². The minimum absolute atomic E-state index is 0.0427. The topological polar surface area (TPSA) is 83.5 Å². The van der Waals surface area contributed by atoms with Gasteiger partial charge in [-0.25, -0.2) is 0 Å². The number of carbonyl (C=O) groups is 3. The normalized spacial score (nSPS) is 14.5. The van der Waals surface area contributed by atoms with Crippen LogP contribution in [-0.4, -0.2) is 22.8 Å². The van der Waals surface area contributed by atoms with E-state index < -0.39 is 11.9 Å². The smallest absolute Gasteiger partial charge is 0.307 e. The Kier molecular flexibility index (Phi) is 7.53. The van der Waals surface area contributed by atoms with Gasteiger partial charge in [0, 0.05) is 23.6 Å². The maximum Gasteiger partial charge on any atom is 0.307 e. The first kappa shape index (κ1) is 23.4. The molecule has 0 bridgehead atoms. The third-order valence-corrected chi connectivity index (χ3v) is 6.52. The maximum atomic E-state index is 12.8. The highest BCUT2D eigenvalue weighted by molar-refractivity contribution is 5.98. The number of ketones is 1.